The van der Waals surface area contributed by atoms with E-state index in [0.717, 1.165) is 11.1 Å². The van der Waals surface area contributed by atoms with Crippen molar-refractivity contribution < 1.29 is 28.6 Å². The lowest BCUT2D eigenvalue weighted by molar-refractivity contribution is -0.145. The number of methoxy groups -OCH3 is 2. The number of ether oxygens (including phenoxy) is 3. The fourth-order valence-corrected chi connectivity index (χ4v) is 2.64. The number of alkyl carbamates (subject to hydrolysis) is 1. The zero-order chi connectivity index (χ0) is 21.9. The molecule has 0 bridgehead atoms. The molecule has 2 N–H and O–H groups in total. The summed E-state index contributed by atoms with van der Waals surface area (Å²) >= 11 is 0. The zero-order valence-corrected chi connectivity index (χ0v) is 17.2. The maximum Gasteiger partial charge on any atom is 0.408 e. The van der Waals surface area contributed by atoms with Crippen LogP contribution in [0.5, 0.6) is 5.75 Å². The van der Waals surface area contributed by atoms with Crippen LogP contribution >= 0.6 is 0 Å². The number of benzene rings is 2. The fourth-order valence-electron chi connectivity index (χ4n) is 2.64. The Morgan fingerprint density at radius 2 is 1.57 bits per heavy atom. The fraction of sp³-hybridized carbons (Fsp3) is 0.318. The lowest BCUT2D eigenvalue weighted by atomic mass is 10.1. The largest absolute Gasteiger partial charge is 0.497 e. The standard InChI is InChI=1S/C22H26N2O6/c1-15(23-22(27)30-14-17-7-5-4-6-8-17)20(25)24-19(21(26)29-3)13-16-9-11-18(28-2)12-10-16/h4-12,15,19H,13-14H2,1-3H3,(H,23,27)(H,24,25)/t15-,19?/m0/s1. The summed E-state index contributed by atoms with van der Waals surface area (Å²) in [4.78, 5) is 36.5. The molecule has 0 fully saturated rings. The number of amides is 2. The maximum absolute atomic E-state index is 12.5. The number of rotatable bonds is 9. The van der Waals surface area contributed by atoms with Crippen LogP contribution in [0.3, 0.4) is 0 Å². The Morgan fingerprint density at radius 1 is 0.900 bits per heavy atom. The molecular formula is C22H26N2O6. The minimum atomic E-state index is -0.906. The Morgan fingerprint density at radius 3 is 2.17 bits per heavy atom. The summed E-state index contributed by atoms with van der Waals surface area (Å²) in [6.45, 7) is 1.59. The first-order valence-corrected chi connectivity index (χ1v) is 9.41. The first-order chi connectivity index (χ1) is 14.4. The number of esters is 1. The minimum absolute atomic E-state index is 0.0866. The Balaban J connectivity index is 1.89. The second-order valence-corrected chi connectivity index (χ2v) is 6.56. The molecule has 0 saturated carbocycles. The Labute approximate surface area is 175 Å². The highest BCUT2D eigenvalue weighted by molar-refractivity contribution is 5.89. The molecule has 8 heteroatoms. The average Bonchev–Trinajstić information content (AvgIpc) is 2.77. The molecule has 30 heavy (non-hydrogen) atoms. The molecule has 160 valence electrons. The van der Waals surface area contributed by atoms with E-state index in [1.54, 1.807) is 31.4 Å². The number of nitrogens with one attached hydrogen (secondary N) is 2. The van der Waals surface area contributed by atoms with E-state index in [2.05, 4.69) is 10.6 Å². The first-order valence-electron chi connectivity index (χ1n) is 9.41. The van der Waals surface area contributed by atoms with Gasteiger partial charge in [-0.15, -0.1) is 0 Å². The van der Waals surface area contributed by atoms with Gasteiger partial charge in [-0.2, -0.15) is 0 Å². The van der Waals surface area contributed by atoms with E-state index in [-0.39, 0.29) is 13.0 Å². The summed E-state index contributed by atoms with van der Waals surface area (Å²) in [5, 5.41) is 5.06. The van der Waals surface area contributed by atoms with Crippen molar-refractivity contribution in [3.63, 3.8) is 0 Å². The molecule has 0 aliphatic heterocycles. The molecule has 0 saturated heterocycles. The van der Waals surface area contributed by atoms with E-state index in [4.69, 9.17) is 14.2 Å². The highest BCUT2D eigenvalue weighted by atomic mass is 16.5. The minimum Gasteiger partial charge on any atom is -0.497 e. The van der Waals surface area contributed by atoms with Gasteiger partial charge in [-0.25, -0.2) is 9.59 Å². The second kappa shape index (κ2) is 11.5. The topological polar surface area (TPSA) is 103 Å². The van der Waals surface area contributed by atoms with Crippen molar-refractivity contribution in [2.45, 2.75) is 32.0 Å². The van der Waals surface area contributed by atoms with Crippen LogP contribution in [0.2, 0.25) is 0 Å². The van der Waals surface area contributed by atoms with Gasteiger partial charge < -0.3 is 24.8 Å². The quantitative estimate of drug-likeness (QED) is 0.610. The van der Waals surface area contributed by atoms with Gasteiger partial charge in [0.2, 0.25) is 5.91 Å². The molecule has 2 aromatic rings. The van der Waals surface area contributed by atoms with E-state index in [9.17, 15) is 14.4 Å². The van der Waals surface area contributed by atoms with Crippen molar-refractivity contribution in [3.8, 4) is 5.75 Å². The van der Waals surface area contributed by atoms with Crippen molar-refractivity contribution >= 4 is 18.0 Å². The highest BCUT2D eigenvalue weighted by Gasteiger charge is 2.25. The summed E-state index contributed by atoms with van der Waals surface area (Å²) in [5.41, 5.74) is 1.64. The molecule has 0 aromatic heterocycles. The number of hydrogen-bond acceptors (Lipinski definition) is 6. The molecule has 0 heterocycles. The monoisotopic (exact) mass is 414 g/mol. The van der Waals surface area contributed by atoms with Crippen molar-refractivity contribution in [2.24, 2.45) is 0 Å². The third-order valence-electron chi connectivity index (χ3n) is 4.34. The van der Waals surface area contributed by atoms with Crippen LogP contribution in [0.1, 0.15) is 18.1 Å². The van der Waals surface area contributed by atoms with Gasteiger partial charge in [0.05, 0.1) is 14.2 Å². The maximum atomic E-state index is 12.5. The van der Waals surface area contributed by atoms with Crippen LogP contribution in [-0.4, -0.2) is 44.3 Å². The van der Waals surface area contributed by atoms with E-state index in [0.29, 0.717) is 5.75 Å². The van der Waals surface area contributed by atoms with Crippen LogP contribution in [-0.2, 0) is 32.1 Å². The average molecular weight is 414 g/mol. The molecule has 8 nitrogen and oxygen atoms in total. The molecule has 2 atom stereocenters. The molecule has 0 aliphatic carbocycles. The number of hydrogen-bond donors (Lipinski definition) is 2. The number of carbonyl (C=O) groups is 3. The normalized spacial score (nSPS) is 12.2. The van der Waals surface area contributed by atoms with Crippen LogP contribution in [0.25, 0.3) is 0 Å². The Hall–Kier alpha value is -3.55. The van der Waals surface area contributed by atoms with Crippen LogP contribution in [0.15, 0.2) is 54.6 Å². The van der Waals surface area contributed by atoms with Gasteiger partial charge in [0.25, 0.3) is 0 Å². The van der Waals surface area contributed by atoms with Gasteiger partial charge in [0.1, 0.15) is 24.4 Å². The summed E-state index contributed by atoms with van der Waals surface area (Å²) < 4.78 is 15.0. The molecule has 1 unspecified atom stereocenters. The van der Waals surface area contributed by atoms with Crippen molar-refractivity contribution in [1.29, 1.82) is 0 Å². The smallest absolute Gasteiger partial charge is 0.408 e. The van der Waals surface area contributed by atoms with Crippen LogP contribution in [0.4, 0.5) is 4.79 Å². The van der Waals surface area contributed by atoms with E-state index in [1.807, 2.05) is 30.3 Å². The van der Waals surface area contributed by atoms with Crippen LogP contribution in [0, 0.1) is 0 Å². The van der Waals surface area contributed by atoms with E-state index >= 15 is 0 Å². The summed E-state index contributed by atoms with van der Waals surface area (Å²) in [6.07, 6.45) is -0.501. The van der Waals surface area contributed by atoms with Crippen molar-refractivity contribution in [1.82, 2.24) is 10.6 Å². The van der Waals surface area contributed by atoms with Gasteiger partial charge in [0.15, 0.2) is 0 Å². The number of carbonyl (C=O) groups excluding carboxylic acids is 3. The zero-order valence-electron chi connectivity index (χ0n) is 17.2. The van der Waals surface area contributed by atoms with Gasteiger partial charge in [-0.3, -0.25) is 4.79 Å². The summed E-state index contributed by atoms with van der Waals surface area (Å²) in [5.74, 6) is -0.433. The van der Waals surface area contributed by atoms with Crippen molar-refractivity contribution in [2.75, 3.05) is 14.2 Å². The second-order valence-electron chi connectivity index (χ2n) is 6.56. The lowest BCUT2D eigenvalue weighted by Crippen LogP contribution is -2.51. The summed E-state index contributed by atoms with van der Waals surface area (Å²) in [7, 11) is 2.81. The van der Waals surface area contributed by atoms with Gasteiger partial charge in [0, 0.05) is 6.42 Å². The Kier molecular flexibility index (Phi) is 8.68. The molecule has 2 rings (SSSR count). The van der Waals surface area contributed by atoms with Gasteiger partial charge >= 0.3 is 12.1 Å². The van der Waals surface area contributed by atoms with E-state index < -0.39 is 30.1 Å². The van der Waals surface area contributed by atoms with E-state index in [1.165, 1.54) is 14.0 Å². The highest BCUT2D eigenvalue weighted by Crippen LogP contribution is 2.13. The first kappa shape index (κ1) is 22.7. The molecule has 0 aliphatic rings. The predicted molar refractivity (Wildman–Crippen MR) is 110 cm³/mol. The molecule has 0 spiro atoms. The Bertz CT molecular complexity index is 838. The molecular weight excluding hydrogens is 388 g/mol. The van der Waals surface area contributed by atoms with Gasteiger partial charge in [-0.05, 0) is 30.2 Å². The van der Waals surface area contributed by atoms with Gasteiger partial charge in [-0.1, -0.05) is 42.5 Å². The molecule has 0 radical (unpaired) electrons. The SMILES string of the molecule is COC(=O)C(Cc1ccc(OC)cc1)NC(=O)[C@H](C)NC(=O)OCc1ccccc1. The third-order valence-corrected chi connectivity index (χ3v) is 4.34. The van der Waals surface area contributed by atoms with Crippen LogP contribution < -0.4 is 15.4 Å². The summed E-state index contributed by atoms with van der Waals surface area (Å²) in [6, 6.07) is 14.5. The van der Waals surface area contributed by atoms with Crippen molar-refractivity contribution in [3.05, 3.63) is 65.7 Å². The molecule has 2 amide bonds. The lowest BCUT2D eigenvalue weighted by Gasteiger charge is -2.20. The molecule has 2 aromatic carbocycles. The predicted octanol–water partition coefficient (Wildman–Crippen LogP) is 2.21. The third kappa shape index (κ3) is 7.12.